The molecule has 1 heteroatoms. The molecule has 1 aromatic rings. The highest BCUT2D eigenvalue weighted by Gasteiger charge is 2.01. The molecule has 0 spiro atoms. The molecule has 16 heavy (non-hydrogen) atoms. The van der Waals surface area contributed by atoms with Gasteiger partial charge in [0, 0.05) is 18.4 Å². The van der Waals surface area contributed by atoms with Crippen LogP contribution in [0.5, 0.6) is 0 Å². The number of aryl methyl sites for hydroxylation is 1. The fourth-order valence-electron chi connectivity index (χ4n) is 1.48. The summed E-state index contributed by atoms with van der Waals surface area (Å²) in [6.07, 6.45) is 4.31. The Hall–Kier alpha value is -1.50. The quantitative estimate of drug-likeness (QED) is 0.679. The molecule has 1 aromatic carbocycles. The summed E-state index contributed by atoms with van der Waals surface area (Å²) < 4.78 is 0. The summed E-state index contributed by atoms with van der Waals surface area (Å²) in [5.41, 5.74) is 5.06. The first kappa shape index (κ1) is 12.6. The topological polar surface area (TPSA) is 3.24 Å². The molecule has 0 aromatic heterocycles. The molecular weight excluding hydrogens is 194 g/mol. The average Bonchev–Trinajstić information content (AvgIpc) is 2.28. The summed E-state index contributed by atoms with van der Waals surface area (Å²) in [6, 6.07) is 8.58. The fourth-order valence-corrected chi connectivity index (χ4v) is 1.48. The van der Waals surface area contributed by atoms with E-state index < -0.39 is 0 Å². The van der Waals surface area contributed by atoms with Crippen molar-refractivity contribution < 1.29 is 0 Å². The van der Waals surface area contributed by atoms with Crippen LogP contribution in [0.15, 0.2) is 47.7 Å². The predicted octanol–water partition coefficient (Wildman–Crippen LogP) is 4.30. The Morgan fingerprint density at radius 1 is 1.12 bits per heavy atom. The van der Waals surface area contributed by atoms with Gasteiger partial charge in [-0.3, -0.25) is 0 Å². The van der Waals surface area contributed by atoms with Crippen LogP contribution in [0.1, 0.15) is 26.3 Å². The zero-order chi connectivity index (χ0) is 12.1. The number of benzene rings is 1. The number of allylic oxidation sites excluding steroid dienone is 4. The van der Waals surface area contributed by atoms with Crippen molar-refractivity contribution in [1.29, 1.82) is 0 Å². The number of rotatable bonds is 3. The highest BCUT2D eigenvalue weighted by atomic mass is 15.1. The summed E-state index contributed by atoms with van der Waals surface area (Å²) in [4.78, 5) is 2.20. The van der Waals surface area contributed by atoms with Crippen LogP contribution in [-0.4, -0.2) is 7.05 Å². The van der Waals surface area contributed by atoms with Crippen molar-refractivity contribution >= 4 is 5.69 Å². The fraction of sp³-hybridized carbons (Fsp3) is 0.333. The van der Waals surface area contributed by atoms with Crippen molar-refractivity contribution in [2.75, 3.05) is 11.9 Å². The Balaban J connectivity index is 2.89. The van der Waals surface area contributed by atoms with Crippen LogP contribution >= 0.6 is 0 Å². The predicted molar refractivity (Wildman–Crippen MR) is 72.8 cm³/mol. The summed E-state index contributed by atoms with van der Waals surface area (Å²) in [6.45, 7) is 8.42. The van der Waals surface area contributed by atoms with Crippen molar-refractivity contribution in [1.82, 2.24) is 0 Å². The first-order chi connectivity index (χ1) is 7.54. The third-order valence-electron chi connectivity index (χ3n) is 2.84. The van der Waals surface area contributed by atoms with Gasteiger partial charge in [0.2, 0.25) is 0 Å². The van der Waals surface area contributed by atoms with E-state index in [2.05, 4.69) is 76.1 Å². The van der Waals surface area contributed by atoms with E-state index in [4.69, 9.17) is 0 Å². The smallest absolute Gasteiger partial charge is 0.0405 e. The SMILES string of the molecule is C/C=C(C)\C=C(/C)N(C)c1ccc(C)cc1. The molecule has 0 amide bonds. The molecule has 1 nitrogen and oxygen atoms in total. The van der Waals surface area contributed by atoms with E-state index in [0.717, 1.165) is 0 Å². The minimum absolute atomic E-state index is 1.23. The minimum atomic E-state index is 1.23. The van der Waals surface area contributed by atoms with Gasteiger partial charge in [-0.15, -0.1) is 0 Å². The third kappa shape index (κ3) is 3.27. The Morgan fingerprint density at radius 3 is 2.19 bits per heavy atom. The Labute approximate surface area is 99.1 Å². The number of hydrogen-bond acceptors (Lipinski definition) is 1. The molecule has 0 saturated carbocycles. The van der Waals surface area contributed by atoms with E-state index in [1.807, 2.05) is 0 Å². The third-order valence-corrected chi connectivity index (χ3v) is 2.84. The summed E-state index contributed by atoms with van der Waals surface area (Å²) in [5, 5.41) is 0. The van der Waals surface area contributed by atoms with Gasteiger partial charge in [0.25, 0.3) is 0 Å². The summed E-state index contributed by atoms with van der Waals surface area (Å²) in [7, 11) is 2.10. The number of hydrogen-bond donors (Lipinski definition) is 0. The summed E-state index contributed by atoms with van der Waals surface area (Å²) in [5.74, 6) is 0. The number of anilines is 1. The van der Waals surface area contributed by atoms with Crippen LogP contribution in [0.3, 0.4) is 0 Å². The van der Waals surface area contributed by atoms with Crippen LogP contribution in [0.4, 0.5) is 5.69 Å². The molecule has 0 N–H and O–H groups in total. The Bertz CT molecular complexity index is 396. The first-order valence-electron chi connectivity index (χ1n) is 5.66. The Morgan fingerprint density at radius 2 is 1.69 bits per heavy atom. The van der Waals surface area contributed by atoms with Crippen LogP contribution in [0.25, 0.3) is 0 Å². The molecule has 0 aliphatic heterocycles. The second-order valence-corrected chi connectivity index (χ2v) is 4.21. The standard InChI is InChI=1S/C15H21N/c1-6-12(2)11-14(4)16(5)15-9-7-13(3)8-10-15/h6-11H,1-5H3/b12-6-,14-11+. The lowest BCUT2D eigenvalue weighted by atomic mass is 10.2. The molecule has 0 radical (unpaired) electrons. The van der Waals surface area contributed by atoms with E-state index in [9.17, 15) is 0 Å². The number of nitrogens with zero attached hydrogens (tertiary/aromatic N) is 1. The van der Waals surface area contributed by atoms with Gasteiger partial charge in [0.15, 0.2) is 0 Å². The normalized spacial score (nSPS) is 12.8. The molecule has 0 bridgehead atoms. The molecular formula is C15H21N. The maximum absolute atomic E-state index is 2.20. The van der Waals surface area contributed by atoms with Crippen molar-refractivity contribution in [3.8, 4) is 0 Å². The van der Waals surface area contributed by atoms with Gasteiger partial charge in [-0.2, -0.15) is 0 Å². The second kappa shape index (κ2) is 5.55. The first-order valence-corrected chi connectivity index (χ1v) is 5.66. The maximum Gasteiger partial charge on any atom is 0.0405 e. The van der Waals surface area contributed by atoms with Crippen LogP contribution in [0, 0.1) is 6.92 Å². The van der Waals surface area contributed by atoms with Crippen molar-refractivity contribution in [2.24, 2.45) is 0 Å². The molecule has 86 valence electrons. The van der Waals surface area contributed by atoms with E-state index in [1.165, 1.54) is 22.5 Å². The van der Waals surface area contributed by atoms with Gasteiger partial charge in [-0.05, 0) is 45.9 Å². The van der Waals surface area contributed by atoms with Gasteiger partial charge in [-0.25, -0.2) is 0 Å². The van der Waals surface area contributed by atoms with Crippen LogP contribution in [-0.2, 0) is 0 Å². The van der Waals surface area contributed by atoms with Gasteiger partial charge < -0.3 is 4.90 Å². The lowest BCUT2D eigenvalue weighted by molar-refractivity contribution is 1.08. The summed E-state index contributed by atoms with van der Waals surface area (Å²) >= 11 is 0. The molecule has 0 heterocycles. The lowest BCUT2D eigenvalue weighted by Crippen LogP contribution is -2.14. The van der Waals surface area contributed by atoms with Crippen LogP contribution < -0.4 is 4.90 Å². The Kier molecular flexibility index (Phi) is 4.36. The van der Waals surface area contributed by atoms with Crippen LogP contribution in [0.2, 0.25) is 0 Å². The largest absolute Gasteiger partial charge is 0.348 e. The average molecular weight is 215 g/mol. The zero-order valence-electron chi connectivity index (χ0n) is 10.9. The highest BCUT2D eigenvalue weighted by molar-refractivity contribution is 5.52. The second-order valence-electron chi connectivity index (χ2n) is 4.21. The van der Waals surface area contributed by atoms with Gasteiger partial charge in [0.05, 0.1) is 0 Å². The molecule has 0 fully saturated rings. The molecule has 0 aliphatic rings. The van der Waals surface area contributed by atoms with Crippen molar-refractivity contribution in [2.45, 2.75) is 27.7 Å². The monoisotopic (exact) mass is 215 g/mol. The van der Waals surface area contributed by atoms with Gasteiger partial charge in [0.1, 0.15) is 0 Å². The highest BCUT2D eigenvalue weighted by Crippen LogP contribution is 2.18. The van der Waals surface area contributed by atoms with Gasteiger partial charge in [-0.1, -0.05) is 29.3 Å². The lowest BCUT2D eigenvalue weighted by Gasteiger charge is -2.20. The van der Waals surface area contributed by atoms with Crippen molar-refractivity contribution in [3.63, 3.8) is 0 Å². The van der Waals surface area contributed by atoms with E-state index in [1.54, 1.807) is 0 Å². The molecule has 0 atom stereocenters. The van der Waals surface area contributed by atoms with E-state index in [-0.39, 0.29) is 0 Å². The maximum atomic E-state index is 2.20. The van der Waals surface area contributed by atoms with Gasteiger partial charge >= 0.3 is 0 Å². The molecule has 0 aliphatic carbocycles. The van der Waals surface area contributed by atoms with Crippen molar-refractivity contribution in [3.05, 3.63) is 53.3 Å². The zero-order valence-corrected chi connectivity index (χ0v) is 10.9. The molecule has 0 unspecified atom stereocenters. The van der Waals surface area contributed by atoms with E-state index in [0.29, 0.717) is 0 Å². The van der Waals surface area contributed by atoms with E-state index >= 15 is 0 Å². The minimum Gasteiger partial charge on any atom is -0.348 e. The molecule has 0 saturated heterocycles. The molecule has 1 rings (SSSR count).